The number of anilines is 1. The van der Waals surface area contributed by atoms with E-state index in [1.165, 1.54) is 17.8 Å². The molecule has 1 N–H and O–H groups in total. The lowest BCUT2D eigenvalue weighted by Crippen LogP contribution is -2.35. The molecular formula is C10H13NOS. The number of ether oxygens (including phenoxy) is 1. The van der Waals surface area contributed by atoms with Crippen LogP contribution in [0.3, 0.4) is 0 Å². The van der Waals surface area contributed by atoms with Crippen LogP contribution in [0.5, 0.6) is 0 Å². The van der Waals surface area contributed by atoms with Crippen LogP contribution in [-0.4, -0.2) is 19.8 Å². The van der Waals surface area contributed by atoms with Crippen molar-refractivity contribution in [2.24, 2.45) is 0 Å². The summed E-state index contributed by atoms with van der Waals surface area (Å²) in [5.74, 6) is 0. The fourth-order valence-electron chi connectivity index (χ4n) is 2.42. The average molecular weight is 195 g/mol. The summed E-state index contributed by atoms with van der Waals surface area (Å²) < 4.78 is 5.42. The van der Waals surface area contributed by atoms with Crippen LogP contribution in [0.15, 0.2) is 11.4 Å². The number of hydrogen-bond donors (Lipinski definition) is 1. The van der Waals surface area contributed by atoms with Crippen LogP contribution in [0, 0.1) is 0 Å². The van der Waals surface area contributed by atoms with Crippen LogP contribution in [-0.2, 0) is 10.2 Å². The van der Waals surface area contributed by atoms with Crippen molar-refractivity contribution in [2.75, 3.05) is 25.1 Å². The van der Waals surface area contributed by atoms with Crippen molar-refractivity contribution in [1.82, 2.24) is 0 Å². The lowest BCUT2D eigenvalue weighted by atomic mass is 9.77. The van der Waals surface area contributed by atoms with Gasteiger partial charge in [0.2, 0.25) is 0 Å². The zero-order valence-corrected chi connectivity index (χ0v) is 8.32. The quantitative estimate of drug-likeness (QED) is 0.685. The molecule has 0 amide bonds. The van der Waals surface area contributed by atoms with Crippen LogP contribution in [0.2, 0.25) is 0 Å². The molecule has 0 atom stereocenters. The molecule has 0 aromatic carbocycles. The van der Waals surface area contributed by atoms with E-state index in [1.807, 2.05) is 11.3 Å². The minimum Gasteiger partial charge on any atom is -0.381 e. The Balaban J connectivity index is 2.00. The van der Waals surface area contributed by atoms with Crippen molar-refractivity contribution in [3.63, 3.8) is 0 Å². The third kappa shape index (κ3) is 1.04. The second-order valence-corrected chi connectivity index (χ2v) is 4.83. The van der Waals surface area contributed by atoms with Gasteiger partial charge in [0.15, 0.2) is 0 Å². The van der Waals surface area contributed by atoms with Crippen molar-refractivity contribution in [1.29, 1.82) is 0 Å². The smallest absolute Gasteiger partial charge is 0.0921 e. The van der Waals surface area contributed by atoms with Gasteiger partial charge in [-0.15, -0.1) is 11.3 Å². The Kier molecular flexibility index (Phi) is 1.64. The Labute approximate surface area is 81.9 Å². The second-order valence-electron chi connectivity index (χ2n) is 3.91. The number of fused-ring (bicyclic) bond motifs is 2. The first-order valence-electron chi connectivity index (χ1n) is 4.80. The van der Waals surface area contributed by atoms with Gasteiger partial charge < -0.3 is 10.1 Å². The topological polar surface area (TPSA) is 21.3 Å². The van der Waals surface area contributed by atoms with Crippen molar-refractivity contribution in [3.05, 3.63) is 17.0 Å². The van der Waals surface area contributed by atoms with E-state index in [0.29, 0.717) is 5.41 Å². The van der Waals surface area contributed by atoms with Crippen LogP contribution in [0.1, 0.15) is 18.4 Å². The predicted molar refractivity (Wildman–Crippen MR) is 54.5 cm³/mol. The fourth-order valence-corrected chi connectivity index (χ4v) is 3.32. The van der Waals surface area contributed by atoms with Crippen LogP contribution in [0.25, 0.3) is 0 Å². The Morgan fingerprint density at radius 3 is 3.08 bits per heavy atom. The molecule has 1 aromatic heterocycles. The van der Waals surface area contributed by atoms with E-state index in [2.05, 4.69) is 16.8 Å². The summed E-state index contributed by atoms with van der Waals surface area (Å²) in [7, 11) is 0. The Morgan fingerprint density at radius 1 is 1.38 bits per heavy atom. The summed E-state index contributed by atoms with van der Waals surface area (Å²) in [6.07, 6.45) is 2.37. The highest BCUT2D eigenvalue weighted by Crippen LogP contribution is 2.45. The molecule has 3 rings (SSSR count). The number of hydrogen-bond acceptors (Lipinski definition) is 3. The van der Waals surface area contributed by atoms with Crippen molar-refractivity contribution in [2.45, 2.75) is 18.3 Å². The van der Waals surface area contributed by atoms with E-state index in [9.17, 15) is 0 Å². The predicted octanol–water partition coefficient (Wildman–Crippen LogP) is 2.22. The monoisotopic (exact) mass is 195 g/mol. The van der Waals surface area contributed by atoms with Crippen molar-refractivity contribution >= 4 is 16.3 Å². The van der Waals surface area contributed by atoms with Gasteiger partial charge in [0.05, 0.1) is 5.00 Å². The average Bonchev–Trinajstić information content (AvgIpc) is 2.73. The van der Waals surface area contributed by atoms with Gasteiger partial charge in [-0.25, -0.2) is 0 Å². The van der Waals surface area contributed by atoms with Gasteiger partial charge in [-0.1, -0.05) is 0 Å². The first-order valence-corrected chi connectivity index (χ1v) is 5.68. The molecule has 0 bridgehead atoms. The van der Waals surface area contributed by atoms with E-state index >= 15 is 0 Å². The maximum atomic E-state index is 5.42. The molecule has 70 valence electrons. The minimum absolute atomic E-state index is 0.410. The fraction of sp³-hybridized carbons (Fsp3) is 0.600. The summed E-state index contributed by atoms with van der Waals surface area (Å²) in [6.45, 7) is 2.98. The first-order chi connectivity index (χ1) is 6.41. The summed E-state index contributed by atoms with van der Waals surface area (Å²) in [5.41, 5.74) is 1.95. The van der Waals surface area contributed by atoms with Gasteiger partial charge in [0, 0.05) is 25.2 Å². The third-order valence-electron chi connectivity index (χ3n) is 3.27. The van der Waals surface area contributed by atoms with E-state index in [0.717, 1.165) is 19.8 Å². The van der Waals surface area contributed by atoms with E-state index < -0.39 is 0 Å². The molecule has 3 heteroatoms. The van der Waals surface area contributed by atoms with E-state index in [4.69, 9.17) is 4.74 Å². The molecule has 1 aromatic rings. The number of thiophene rings is 1. The molecule has 0 aliphatic carbocycles. The molecule has 1 spiro atoms. The summed E-state index contributed by atoms with van der Waals surface area (Å²) in [6, 6.07) is 2.28. The van der Waals surface area contributed by atoms with Gasteiger partial charge in [-0.3, -0.25) is 0 Å². The maximum absolute atomic E-state index is 5.42. The molecule has 2 nitrogen and oxygen atoms in total. The molecule has 3 heterocycles. The molecule has 1 saturated heterocycles. The second kappa shape index (κ2) is 2.72. The zero-order valence-electron chi connectivity index (χ0n) is 7.51. The zero-order chi connectivity index (χ0) is 8.73. The van der Waals surface area contributed by atoms with Gasteiger partial charge in [-0.05, 0) is 29.9 Å². The van der Waals surface area contributed by atoms with Gasteiger partial charge in [-0.2, -0.15) is 0 Å². The lowest BCUT2D eigenvalue weighted by Gasteiger charge is -2.32. The number of rotatable bonds is 0. The molecule has 1 fully saturated rings. The minimum atomic E-state index is 0.410. The standard InChI is InChI=1S/C10H13NOS/c1-6-13-9-8(1)10(7-11-9)2-4-12-5-3-10/h1,6,11H,2-5,7H2. The molecule has 0 saturated carbocycles. The summed E-state index contributed by atoms with van der Waals surface area (Å²) in [4.78, 5) is 0. The van der Waals surface area contributed by atoms with Gasteiger partial charge >= 0.3 is 0 Å². The normalized spacial score (nSPS) is 24.3. The Hall–Kier alpha value is -0.540. The van der Waals surface area contributed by atoms with E-state index in [1.54, 1.807) is 5.56 Å². The van der Waals surface area contributed by atoms with Crippen LogP contribution in [0.4, 0.5) is 5.00 Å². The largest absolute Gasteiger partial charge is 0.381 e. The first kappa shape index (κ1) is 7.83. The summed E-state index contributed by atoms with van der Waals surface area (Å²) >= 11 is 1.83. The summed E-state index contributed by atoms with van der Waals surface area (Å²) in [5, 5.41) is 7.08. The van der Waals surface area contributed by atoms with Gasteiger partial charge in [0.25, 0.3) is 0 Å². The Bertz CT molecular complexity index is 314. The highest BCUT2D eigenvalue weighted by atomic mass is 32.1. The van der Waals surface area contributed by atoms with Crippen LogP contribution < -0.4 is 5.32 Å². The Morgan fingerprint density at radius 2 is 2.23 bits per heavy atom. The van der Waals surface area contributed by atoms with Crippen LogP contribution >= 0.6 is 11.3 Å². The van der Waals surface area contributed by atoms with E-state index in [-0.39, 0.29) is 0 Å². The third-order valence-corrected chi connectivity index (χ3v) is 4.15. The van der Waals surface area contributed by atoms with Crippen molar-refractivity contribution < 1.29 is 4.74 Å². The lowest BCUT2D eigenvalue weighted by molar-refractivity contribution is 0.0567. The molecular weight excluding hydrogens is 182 g/mol. The van der Waals surface area contributed by atoms with Gasteiger partial charge in [0.1, 0.15) is 0 Å². The maximum Gasteiger partial charge on any atom is 0.0921 e. The molecule has 0 unspecified atom stereocenters. The molecule has 13 heavy (non-hydrogen) atoms. The molecule has 2 aliphatic heterocycles. The highest BCUT2D eigenvalue weighted by Gasteiger charge is 2.40. The molecule has 0 radical (unpaired) electrons. The SMILES string of the molecule is c1cc2c(s1)NCC21CCOCC1. The highest BCUT2D eigenvalue weighted by molar-refractivity contribution is 7.14. The van der Waals surface area contributed by atoms with Crippen molar-refractivity contribution in [3.8, 4) is 0 Å². The number of nitrogens with one attached hydrogen (secondary N) is 1. The molecule has 2 aliphatic rings.